The number of likely N-dealkylation sites (tertiary alicyclic amines) is 3. The highest BCUT2D eigenvalue weighted by atomic mass is 35.5. The Kier molecular flexibility index (Phi) is 32.9. The van der Waals surface area contributed by atoms with Crippen LogP contribution in [0.3, 0.4) is 0 Å². The molecule has 6 aliphatic carbocycles. The van der Waals surface area contributed by atoms with E-state index in [-0.39, 0.29) is 66.0 Å². The quantitative estimate of drug-likeness (QED) is 0.0843. The molecule has 19 nitrogen and oxygen atoms in total. The van der Waals surface area contributed by atoms with Crippen molar-refractivity contribution in [3.63, 3.8) is 0 Å². The molecule has 0 unspecified atom stereocenters. The fraction of sp³-hybridized carbons (Fsp3) is 0.701. The molecule has 0 spiro atoms. The van der Waals surface area contributed by atoms with E-state index in [9.17, 15) is 43.5 Å². The highest BCUT2D eigenvalue weighted by molar-refractivity contribution is 7.16. The molecule has 0 bridgehead atoms. The first-order valence-electron chi connectivity index (χ1n) is 41.6. The molecule has 3 aromatic heterocycles. The zero-order valence-corrected chi connectivity index (χ0v) is 71.4. The van der Waals surface area contributed by atoms with Crippen molar-refractivity contribution in [2.45, 2.75) is 273 Å². The molecule has 3 aromatic rings. The molecule has 3 aliphatic heterocycles. The lowest BCUT2D eigenvalue weighted by Crippen LogP contribution is -3.10. The van der Waals surface area contributed by atoms with Gasteiger partial charge in [0.2, 0.25) is 31.3 Å². The third-order valence-corrected chi connectivity index (χ3v) is 27.9. The Labute approximate surface area is 674 Å². The molecule has 3 amide bonds. The summed E-state index contributed by atoms with van der Waals surface area (Å²) < 4.78 is 21.4. The summed E-state index contributed by atoms with van der Waals surface area (Å²) in [4.78, 5) is 122. The van der Waals surface area contributed by atoms with Gasteiger partial charge in [-0.15, -0.1) is 34.0 Å². The third-order valence-electron chi connectivity index (χ3n) is 24.4. The number of nitrogens with zero attached hydrogens (tertiary/aromatic N) is 5. The van der Waals surface area contributed by atoms with Gasteiger partial charge in [-0.25, -0.2) is 14.4 Å². The van der Waals surface area contributed by atoms with Gasteiger partial charge in [-0.05, 0) is 314 Å². The summed E-state index contributed by atoms with van der Waals surface area (Å²) in [6.07, 6.45) is 37.1. The van der Waals surface area contributed by atoms with Crippen molar-refractivity contribution in [2.75, 3.05) is 88.7 Å². The van der Waals surface area contributed by atoms with Crippen molar-refractivity contribution < 1.29 is 79.7 Å². The summed E-state index contributed by atoms with van der Waals surface area (Å²) in [5, 5.41) is 10.0. The molecule has 2 N–H and O–H groups in total. The third kappa shape index (κ3) is 23.7. The van der Waals surface area contributed by atoms with Crippen LogP contribution in [0.15, 0.2) is 36.4 Å². The lowest BCUT2D eigenvalue weighted by molar-refractivity contribution is -0.884. The number of hydrogen-bond acceptors (Lipinski definition) is 17. The van der Waals surface area contributed by atoms with Crippen LogP contribution in [-0.4, -0.2) is 155 Å². The molecule has 23 heteroatoms. The summed E-state index contributed by atoms with van der Waals surface area (Å²) in [5.41, 5.74) is 4.39. The Hall–Kier alpha value is -5.75. The van der Waals surface area contributed by atoms with Crippen molar-refractivity contribution >= 4 is 115 Å². The van der Waals surface area contributed by atoms with E-state index in [1.807, 2.05) is 20.8 Å². The molecule has 610 valence electrons. The van der Waals surface area contributed by atoms with Crippen LogP contribution in [0.4, 0.5) is 17.1 Å². The van der Waals surface area contributed by atoms with Crippen LogP contribution in [-0.2, 0) is 42.9 Å². The van der Waals surface area contributed by atoms with E-state index in [2.05, 4.69) is 82.1 Å². The predicted molar refractivity (Wildman–Crippen MR) is 437 cm³/mol. The molecule has 9 aliphatic rings. The number of quaternary nitrogens is 1. The number of piperidine rings is 3. The molecule has 6 heterocycles. The summed E-state index contributed by atoms with van der Waals surface area (Å²) in [6.45, 7) is 22.2. The molecule has 6 fully saturated rings. The maximum Gasteiger partial charge on any atom is 0.353 e. The van der Waals surface area contributed by atoms with Crippen molar-refractivity contribution in [2.24, 2.45) is 46.3 Å². The second kappa shape index (κ2) is 41.0. The van der Waals surface area contributed by atoms with E-state index < -0.39 is 54.3 Å². The largest absolute Gasteiger partial charge is 1.00 e. The number of carbonyl (C=O) groups is 8. The van der Waals surface area contributed by atoms with Gasteiger partial charge in [0.15, 0.2) is 0 Å². The topological polar surface area (TPSA) is 214 Å². The Bertz CT molecular complexity index is 3530. The summed E-state index contributed by atoms with van der Waals surface area (Å²) >= 11 is 4.18. The van der Waals surface area contributed by atoms with Crippen molar-refractivity contribution in [1.29, 1.82) is 0 Å². The number of nitrogens with one attached hydrogen (secondary N) is 1. The number of rotatable bonds is 19. The number of halogens is 1. The van der Waals surface area contributed by atoms with Crippen LogP contribution in [0.2, 0.25) is 0 Å². The first-order valence-corrected chi connectivity index (χ1v) is 44.1. The second-order valence-corrected chi connectivity index (χ2v) is 38.6. The zero-order valence-electron chi connectivity index (χ0n) is 68.2. The van der Waals surface area contributed by atoms with E-state index in [0.29, 0.717) is 49.4 Å². The SMILES string of the molecule is CC1CCC(C(=O)N(c2cc(C3=CCCCC3)sc2C(=O)O)C2CCN(C)CC2)CC1.CC1CCC(C(=O)N(c2cc(C3=CCCCC3)sc2C(=O)OCOC(=O)C(C)(C)C)C2CCN(C)CC2)CC1.CC1CCC(C(=O)N(c2cc(C3=CCCCC3)sc2C(=O)OCOC(=O)C(C)(C)C)C2CC[NH+](C)CC2)CC1.[Cl-]. The molecule has 3 saturated heterocycles. The standard InChI is InChI=1S/2C31H46N2O5S.C25H36N2O3S.ClH/c2*1-21-11-13-23(14-12-21)28(34)33(24-15-17-32(5)18-16-24)25-19-26(22-9-7-6-8-10-22)39-27(25)29(35)37-20-38-30(36)31(2,3)4;1-17-8-10-19(11-9-17)24(28)27(20-12-14-26(2)15-13-20)21-16-22(31-23(21)25(29)30)18-6-4-3-5-7-18;/h2*9,19,21,23-24H,6-8,10-18,20H2,1-5H3;6,16-17,19-20H,3-5,7-15H2,1-2H3,(H,29,30);1H. The first kappa shape index (κ1) is 88.2. The number of anilines is 3. The highest BCUT2D eigenvalue weighted by Crippen LogP contribution is 2.46. The van der Waals surface area contributed by atoms with E-state index >= 15 is 0 Å². The minimum absolute atomic E-state index is 0. The number of carboxylic acid groups (broad SMARTS) is 1. The number of amides is 3. The van der Waals surface area contributed by atoms with Gasteiger partial charge in [0.05, 0.1) is 48.0 Å². The molecular weight excluding hydrogens is 1470 g/mol. The van der Waals surface area contributed by atoms with Gasteiger partial charge in [0, 0.05) is 63.4 Å². The van der Waals surface area contributed by atoms with Gasteiger partial charge < -0.3 is 65.9 Å². The lowest BCUT2D eigenvalue weighted by atomic mass is 9.82. The fourth-order valence-corrected chi connectivity index (χ4v) is 20.4. The molecule has 0 aromatic carbocycles. The predicted octanol–water partition coefficient (Wildman–Crippen LogP) is 14.6. The summed E-state index contributed by atoms with van der Waals surface area (Å²) in [6, 6.07) is 6.33. The zero-order chi connectivity index (χ0) is 78.3. The smallest absolute Gasteiger partial charge is 0.353 e. The van der Waals surface area contributed by atoms with Crippen LogP contribution in [0.25, 0.3) is 16.7 Å². The maximum atomic E-state index is 14.2. The minimum atomic E-state index is -0.911. The number of aromatic carboxylic acids is 1. The Balaban J connectivity index is 0.000000190. The van der Waals surface area contributed by atoms with Crippen LogP contribution < -0.4 is 32.0 Å². The van der Waals surface area contributed by atoms with E-state index in [4.69, 9.17) is 18.9 Å². The number of carbonyl (C=O) groups excluding carboxylic acids is 7. The Morgan fingerprint density at radius 2 is 0.727 bits per heavy atom. The van der Waals surface area contributed by atoms with Crippen molar-refractivity contribution in [1.82, 2.24) is 9.80 Å². The van der Waals surface area contributed by atoms with Crippen molar-refractivity contribution in [3.05, 3.63) is 65.7 Å². The number of ether oxygens (including phenoxy) is 4. The second-order valence-electron chi connectivity index (χ2n) is 35.4. The Morgan fingerprint density at radius 3 is 1.01 bits per heavy atom. The van der Waals surface area contributed by atoms with Crippen LogP contribution in [0.1, 0.15) is 299 Å². The number of thiophene rings is 3. The number of esters is 4. The van der Waals surface area contributed by atoms with E-state index in [0.717, 1.165) is 227 Å². The highest BCUT2D eigenvalue weighted by Gasteiger charge is 2.43. The fourth-order valence-electron chi connectivity index (χ4n) is 17.1. The lowest BCUT2D eigenvalue weighted by Gasteiger charge is -2.40. The molecule has 0 atom stereocenters. The monoisotopic (exact) mass is 1600 g/mol. The van der Waals surface area contributed by atoms with Crippen LogP contribution >= 0.6 is 34.0 Å². The van der Waals surface area contributed by atoms with Gasteiger partial charge in [-0.1, -0.05) is 39.0 Å². The summed E-state index contributed by atoms with van der Waals surface area (Å²) in [7, 11) is 6.43. The van der Waals surface area contributed by atoms with E-state index in [1.165, 1.54) is 74.9 Å². The average molecular weight is 1600 g/mol. The number of carboxylic acids is 1. The maximum absolute atomic E-state index is 14.2. The van der Waals surface area contributed by atoms with Gasteiger partial charge in [-0.3, -0.25) is 24.0 Å². The summed E-state index contributed by atoms with van der Waals surface area (Å²) in [5.74, 6) is -0.399. The molecule has 0 radical (unpaired) electrons. The van der Waals surface area contributed by atoms with Crippen LogP contribution in [0.5, 0.6) is 0 Å². The first-order chi connectivity index (χ1) is 52.0. The molecule has 3 saturated carbocycles. The van der Waals surface area contributed by atoms with Crippen LogP contribution in [0, 0.1) is 46.3 Å². The van der Waals surface area contributed by atoms with Crippen molar-refractivity contribution in [3.8, 4) is 0 Å². The molecule has 110 heavy (non-hydrogen) atoms. The van der Waals surface area contributed by atoms with Gasteiger partial charge in [-0.2, -0.15) is 0 Å². The minimum Gasteiger partial charge on any atom is -1.00 e. The van der Waals surface area contributed by atoms with Gasteiger partial charge in [0.1, 0.15) is 14.6 Å². The Morgan fingerprint density at radius 1 is 0.436 bits per heavy atom. The van der Waals surface area contributed by atoms with Gasteiger partial charge >= 0.3 is 29.8 Å². The molecule has 12 rings (SSSR count). The van der Waals surface area contributed by atoms with E-state index in [1.54, 1.807) is 41.5 Å². The van der Waals surface area contributed by atoms with Gasteiger partial charge in [0.25, 0.3) is 0 Å². The normalized spacial score (nSPS) is 24.7. The number of hydrogen-bond donors (Lipinski definition) is 2. The average Bonchev–Trinajstić information content (AvgIpc) is 1.61. The molecular formula is C87H129ClN6O13S3. The number of allylic oxidation sites excluding steroid dienone is 6.